The van der Waals surface area contributed by atoms with E-state index in [9.17, 15) is 9.59 Å². The van der Waals surface area contributed by atoms with Crippen molar-refractivity contribution < 1.29 is 4.79 Å². The number of aromatic nitrogens is 2. The molecule has 7 heteroatoms. The Morgan fingerprint density at radius 1 is 1.36 bits per heavy atom. The highest BCUT2D eigenvalue weighted by atomic mass is 32.2. The van der Waals surface area contributed by atoms with Gasteiger partial charge in [0.05, 0.1) is 11.1 Å². The number of thiophene rings is 1. The summed E-state index contributed by atoms with van der Waals surface area (Å²) in [6.07, 6.45) is 3.10. The first-order valence-corrected chi connectivity index (χ1v) is 11.4. The molecule has 2 aromatic heterocycles. The van der Waals surface area contributed by atoms with Crippen molar-refractivity contribution in [2.24, 2.45) is 5.92 Å². The number of fused-ring (bicyclic) bond motifs is 3. The molecule has 1 aliphatic rings. The third-order valence-corrected chi connectivity index (χ3v) is 7.17. The molecule has 2 heterocycles. The summed E-state index contributed by atoms with van der Waals surface area (Å²) in [5.74, 6) is 0.893. The summed E-state index contributed by atoms with van der Waals surface area (Å²) in [5, 5.41) is 1.27. The van der Waals surface area contributed by atoms with Crippen LogP contribution in [0.2, 0.25) is 0 Å². The van der Waals surface area contributed by atoms with Gasteiger partial charge in [0.1, 0.15) is 4.83 Å². The van der Waals surface area contributed by atoms with Crippen LogP contribution < -0.4 is 10.5 Å². The van der Waals surface area contributed by atoms with E-state index in [1.807, 2.05) is 37.3 Å². The second kappa shape index (κ2) is 8.09. The first-order valence-electron chi connectivity index (χ1n) is 9.59. The van der Waals surface area contributed by atoms with Crippen molar-refractivity contribution >= 4 is 44.9 Å². The predicted molar refractivity (Wildman–Crippen MR) is 117 cm³/mol. The Balaban J connectivity index is 1.54. The minimum absolute atomic E-state index is 0.000690. The molecular weight excluding hydrogens is 390 g/mol. The van der Waals surface area contributed by atoms with Crippen LogP contribution in [0.4, 0.5) is 5.69 Å². The smallest absolute Gasteiger partial charge is 0.260 e. The van der Waals surface area contributed by atoms with E-state index in [1.165, 1.54) is 22.2 Å². The molecule has 4 rings (SSSR count). The summed E-state index contributed by atoms with van der Waals surface area (Å²) < 4.78 is 0. The summed E-state index contributed by atoms with van der Waals surface area (Å²) in [4.78, 5) is 36.7. The highest BCUT2D eigenvalue weighted by Gasteiger charge is 2.23. The molecular formula is C21H23N3O2S2. The fraction of sp³-hybridized carbons (Fsp3) is 0.381. The van der Waals surface area contributed by atoms with Crippen LogP contribution in [0.5, 0.6) is 0 Å². The molecule has 1 amide bonds. The van der Waals surface area contributed by atoms with Gasteiger partial charge in [0.2, 0.25) is 5.91 Å². The van der Waals surface area contributed by atoms with Gasteiger partial charge in [0, 0.05) is 17.1 Å². The Hall–Kier alpha value is -2.12. The first kappa shape index (κ1) is 19.2. The Bertz CT molecular complexity index is 1060. The fourth-order valence-electron chi connectivity index (χ4n) is 3.72. The van der Waals surface area contributed by atoms with E-state index in [2.05, 4.69) is 16.9 Å². The molecule has 146 valence electrons. The Kier molecular flexibility index (Phi) is 5.55. The molecule has 0 aliphatic heterocycles. The van der Waals surface area contributed by atoms with Gasteiger partial charge in [-0.05, 0) is 49.8 Å². The van der Waals surface area contributed by atoms with Crippen LogP contribution in [0.3, 0.4) is 0 Å². The summed E-state index contributed by atoms with van der Waals surface area (Å²) in [7, 11) is 0. The average molecular weight is 414 g/mol. The lowest BCUT2D eigenvalue weighted by molar-refractivity contribution is -0.116. The summed E-state index contributed by atoms with van der Waals surface area (Å²) in [6, 6.07) is 9.63. The molecule has 28 heavy (non-hydrogen) atoms. The Labute approximate surface area is 172 Å². The molecule has 0 saturated heterocycles. The quantitative estimate of drug-likeness (QED) is 0.501. The van der Waals surface area contributed by atoms with Crippen LogP contribution in [0.1, 0.15) is 30.7 Å². The number of carbonyl (C=O) groups is 1. The van der Waals surface area contributed by atoms with E-state index >= 15 is 0 Å². The number of benzene rings is 1. The Morgan fingerprint density at radius 3 is 2.89 bits per heavy atom. The molecule has 1 aromatic carbocycles. The fourth-order valence-corrected chi connectivity index (χ4v) is 5.89. The second-order valence-corrected chi connectivity index (χ2v) is 9.21. The molecule has 0 radical (unpaired) electrons. The van der Waals surface area contributed by atoms with Gasteiger partial charge >= 0.3 is 0 Å². The van der Waals surface area contributed by atoms with Crippen LogP contribution >= 0.6 is 23.1 Å². The standard InChI is InChI=1S/C21H23N3O2S2/c1-3-24(14-7-5-4-6-8-14)17(25)12-27-21-22-19(26)18-15-10-9-13(2)11-16(15)28-20(18)23-21/h4-8,13H,3,9-12H2,1-2H3,(H,22,23,26)/t13-/m0/s1. The molecule has 0 spiro atoms. The van der Waals surface area contributed by atoms with Crippen molar-refractivity contribution in [1.82, 2.24) is 9.97 Å². The molecule has 3 aromatic rings. The summed E-state index contributed by atoms with van der Waals surface area (Å²) in [5.41, 5.74) is 1.98. The lowest BCUT2D eigenvalue weighted by Crippen LogP contribution is -2.32. The number of nitrogens with one attached hydrogen (secondary N) is 1. The van der Waals surface area contributed by atoms with Crippen LogP contribution in [-0.4, -0.2) is 28.2 Å². The van der Waals surface area contributed by atoms with E-state index in [-0.39, 0.29) is 17.2 Å². The molecule has 5 nitrogen and oxygen atoms in total. The minimum atomic E-state index is -0.0811. The van der Waals surface area contributed by atoms with Gasteiger partial charge in [-0.15, -0.1) is 11.3 Å². The van der Waals surface area contributed by atoms with Crippen LogP contribution in [0, 0.1) is 5.92 Å². The SMILES string of the molecule is CCN(C(=O)CSc1nc2sc3c(c2c(=O)[nH]1)CC[C@H](C)C3)c1ccccc1. The number of aryl methyl sites for hydroxylation is 1. The van der Waals surface area contributed by atoms with Crippen LogP contribution in [0.15, 0.2) is 40.3 Å². The number of amides is 1. The molecule has 1 atom stereocenters. The van der Waals surface area contributed by atoms with Gasteiger partial charge in [-0.2, -0.15) is 0 Å². The van der Waals surface area contributed by atoms with E-state index in [0.717, 1.165) is 35.2 Å². The van der Waals surface area contributed by atoms with Gasteiger partial charge in [-0.25, -0.2) is 4.98 Å². The number of nitrogens with zero attached hydrogens (tertiary/aromatic N) is 2. The van der Waals surface area contributed by atoms with E-state index < -0.39 is 0 Å². The lowest BCUT2D eigenvalue weighted by Gasteiger charge is -2.20. The molecule has 1 N–H and O–H groups in total. The maximum absolute atomic E-state index is 12.7. The lowest BCUT2D eigenvalue weighted by atomic mass is 9.89. The minimum Gasteiger partial charge on any atom is -0.312 e. The van der Waals surface area contributed by atoms with E-state index in [0.29, 0.717) is 17.6 Å². The maximum atomic E-state index is 12.7. The van der Waals surface area contributed by atoms with Crippen LogP contribution in [-0.2, 0) is 17.6 Å². The number of hydrogen-bond donors (Lipinski definition) is 1. The second-order valence-electron chi connectivity index (χ2n) is 7.17. The van der Waals surface area contributed by atoms with Gasteiger partial charge in [-0.1, -0.05) is 36.9 Å². The van der Waals surface area contributed by atoms with Gasteiger partial charge in [0.25, 0.3) is 5.56 Å². The molecule has 1 aliphatic carbocycles. The summed E-state index contributed by atoms with van der Waals surface area (Å²) >= 11 is 2.93. The molecule has 0 unspecified atom stereocenters. The number of aromatic amines is 1. The molecule has 0 bridgehead atoms. The number of anilines is 1. The number of rotatable bonds is 5. The Morgan fingerprint density at radius 2 is 2.14 bits per heavy atom. The third kappa shape index (κ3) is 3.73. The topological polar surface area (TPSA) is 66.1 Å². The van der Waals surface area contributed by atoms with Crippen molar-refractivity contribution in [3.8, 4) is 0 Å². The summed E-state index contributed by atoms with van der Waals surface area (Å²) in [6.45, 7) is 4.81. The highest BCUT2D eigenvalue weighted by Crippen LogP contribution is 2.36. The first-order chi connectivity index (χ1) is 13.6. The number of carbonyl (C=O) groups excluding carboxylic acids is 1. The van der Waals surface area contributed by atoms with E-state index in [1.54, 1.807) is 16.2 Å². The van der Waals surface area contributed by atoms with Gasteiger partial charge in [-0.3, -0.25) is 9.59 Å². The van der Waals surface area contributed by atoms with Crippen molar-refractivity contribution in [2.45, 2.75) is 38.3 Å². The van der Waals surface area contributed by atoms with Crippen molar-refractivity contribution in [3.05, 3.63) is 51.1 Å². The average Bonchev–Trinajstić information content (AvgIpc) is 3.05. The number of thioether (sulfide) groups is 1. The third-order valence-electron chi connectivity index (χ3n) is 5.16. The highest BCUT2D eigenvalue weighted by molar-refractivity contribution is 7.99. The number of para-hydroxylation sites is 1. The normalized spacial score (nSPS) is 16.1. The molecule has 0 saturated carbocycles. The van der Waals surface area contributed by atoms with Crippen molar-refractivity contribution in [2.75, 3.05) is 17.2 Å². The number of H-pyrrole nitrogens is 1. The largest absolute Gasteiger partial charge is 0.312 e. The maximum Gasteiger partial charge on any atom is 0.260 e. The van der Waals surface area contributed by atoms with Crippen molar-refractivity contribution in [1.29, 1.82) is 0 Å². The van der Waals surface area contributed by atoms with E-state index in [4.69, 9.17) is 0 Å². The zero-order valence-corrected chi connectivity index (χ0v) is 17.7. The monoisotopic (exact) mass is 413 g/mol. The zero-order chi connectivity index (χ0) is 19.7. The van der Waals surface area contributed by atoms with Gasteiger partial charge in [0.15, 0.2) is 5.16 Å². The van der Waals surface area contributed by atoms with Crippen molar-refractivity contribution in [3.63, 3.8) is 0 Å². The zero-order valence-electron chi connectivity index (χ0n) is 16.0. The predicted octanol–water partition coefficient (Wildman–Crippen LogP) is 4.25. The van der Waals surface area contributed by atoms with Gasteiger partial charge < -0.3 is 9.88 Å². The molecule has 0 fully saturated rings. The number of hydrogen-bond acceptors (Lipinski definition) is 5. The van der Waals surface area contributed by atoms with Crippen LogP contribution in [0.25, 0.3) is 10.2 Å².